The van der Waals surface area contributed by atoms with Crippen molar-refractivity contribution in [2.45, 2.75) is 139 Å². The van der Waals surface area contributed by atoms with Crippen LogP contribution < -0.4 is 18.9 Å². The first kappa shape index (κ1) is 31.0. The van der Waals surface area contributed by atoms with Crippen LogP contribution in [0.4, 0.5) is 0 Å². The number of ketones is 2. The second-order valence-electron chi connectivity index (χ2n) is 14.0. The zero-order valence-corrected chi connectivity index (χ0v) is 26.8. The third-order valence-corrected chi connectivity index (χ3v) is 11.1. The van der Waals surface area contributed by atoms with Crippen LogP contribution in [0.15, 0.2) is 36.4 Å². The van der Waals surface area contributed by atoms with Gasteiger partial charge in [-0.2, -0.15) is 0 Å². The van der Waals surface area contributed by atoms with Crippen molar-refractivity contribution in [3.63, 3.8) is 0 Å². The number of hydrogen-bond donors (Lipinski definition) is 0. The Morgan fingerprint density at radius 2 is 1.00 bits per heavy atom. The predicted octanol–water partition coefficient (Wildman–Crippen LogP) is 8.59. The van der Waals surface area contributed by atoms with E-state index >= 15 is 0 Å². The molecular weight excluding hydrogens is 552 g/mol. The minimum Gasteiger partial charge on any atom is -0.493 e. The Hall–Kier alpha value is -3.02. The molecule has 0 amide bonds. The minimum absolute atomic E-state index is 0.218. The van der Waals surface area contributed by atoms with Gasteiger partial charge in [0.05, 0.1) is 26.4 Å². The second kappa shape index (κ2) is 13.5. The third-order valence-electron chi connectivity index (χ3n) is 11.1. The standard InChI is InChI=1S/C38H50O6/c1-41-33-17-15-27(23-35(33)43-31-11-3-4-12-31)37(19-7-9-29(39)25-37)21-22-38(20-8-10-30(40)26-38)28-16-18-34(42-2)36(24-28)44-32-13-5-6-14-32/h15-18,23-24,31-32H,3-14,19-22,25-26H2,1-2H3. The lowest BCUT2D eigenvalue weighted by Crippen LogP contribution is -2.39. The lowest BCUT2D eigenvalue weighted by Gasteiger charge is -2.43. The fourth-order valence-electron chi connectivity index (χ4n) is 8.61. The molecule has 0 saturated heterocycles. The Balaban J connectivity index is 1.33. The van der Waals surface area contributed by atoms with Gasteiger partial charge in [0.1, 0.15) is 11.6 Å². The van der Waals surface area contributed by atoms with Crippen molar-refractivity contribution < 1.29 is 28.5 Å². The predicted molar refractivity (Wildman–Crippen MR) is 171 cm³/mol. The Morgan fingerprint density at radius 1 is 0.591 bits per heavy atom. The van der Waals surface area contributed by atoms with Crippen LogP contribution in [0.3, 0.4) is 0 Å². The van der Waals surface area contributed by atoms with Crippen molar-refractivity contribution in [3.05, 3.63) is 47.5 Å². The molecular formula is C38H50O6. The summed E-state index contributed by atoms with van der Waals surface area (Å²) in [7, 11) is 3.39. The molecule has 4 saturated carbocycles. The van der Waals surface area contributed by atoms with E-state index in [1.54, 1.807) is 14.2 Å². The molecule has 238 valence electrons. The number of carbonyl (C=O) groups is 2. The van der Waals surface area contributed by atoms with Gasteiger partial charge < -0.3 is 18.9 Å². The molecule has 2 aromatic carbocycles. The van der Waals surface area contributed by atoms with Gasteiger partial charge in [0.25, 0.3) is 0 Å². The zero-order valence-electron chi connectivity index (χ0n) is 26.8. The molecule has 0 bridgehead atoms. The third kappa shape index (κ3) is 6.65. The van der Waals surface area contributed by atoms with E-state index in [4.69, 9.17) is 18.9 Å². The summed E-state index contributed by atoms with van der Waals surface area (Å²) in [5.74, 6) is 3.74. The quantitative estimate of drug-likeness (QED) is 0.257. The average molecular weight is 603 g/mol. The summed E-state index contributed by atoms with van der Waals surface area (Å²) in [6.45, 7) is 0. The first-order valence-corrected chi connectivity index (χ1v) is 17.2. The van der Waals surface area contributed by atoms with Crippen LogP contribution in [-0.4, -0.2) is 38.0 Å². The van der Waals surface area contributed by atoms with Gasteiger partial charge in [-0.25, -0.2) is 0 Å². The molecule has 0 N–H and O–H groups in total. The number of benzene rings is 2. The summed E-state index contributed by atoms with van der Waals surface area (Å²) >= 11 is 0. The topological polar surface area (TPSA) is 71.1 Å². The molecule has 0 heterocycles. The van der Waals surface area contributed by atoms with Gasteiger partial charge in [0.15, 0.2) is 23.0 Å². The van der Waals surface area contributed by atoms with Crippen LogP contribution in [0.25, 0.3) is 0 Å². The summed E-state index contributed by atoms with van der Waals surface area (Å²) < 4.78 is 24.5. The highest BCUT2D eigenvalue weighted by molar-refractivity contribution is 5.82. The van der Waals surface area contributed by atoms with Gasteiger partial charge in [0, 0.05) is 36.5 Å². The van der Waals surface area contributed by atoms with Gasteiger partial charge in [-0.3, -0.25) is 9.59 Å². The molecule has 4 aliphatic rings. The number of methoxy groups -OCH3 is 2. The molecule has 0 spiro atoms. The zero-order chi connectivity index (χ0) is 30.6. The Labute approximate surface area is 263 Å². The number of Topliss-reactive ketones (excluding diaryl/α,β-unsaturated/α-hetero) is 2. The number of hydrogen-bond acceptors (Lipinski definition) is 6. The van der Waals surface area contributed by atoms with E-state index in [2.05, 4.69) is 24.3 Å². The van der Waals surface area contributed by atoms with Crippen molar-refractivity contribution >= 4 is 11.6 Å². The van der Waals surface area contributed by atoms with Crippen LogP contribution in [0.2, 0.25) is 0 Å². The first-order chi connectivity index (χ1) is 21.4. The van der Waals surface area contributed by atoms with Crippen molar-refractivity contribution in [1.82, 2.24) is 0 Å². The SMILES string of the molecule is COc1ccc(C2(CCC3(c4ccc(OC)c(OC5CCCC5)c4)CCCC(=O)C3)CCCC(=O)C2)cc1OC1CCCC1. The molecule has 0 radical (unpaired) electrons. The fourth-order valence-corrected chi connectivity index (χ4v) is 8.61. The van der Waals surface area contributed by atoms with Crippen molar-refractivity contribution in [1.29, 1.82) is 0 Å². The van der Waals surface area contributed by atoms with Gasteiger partial charge in [-0.05, 0) is 125 Å². The Kier molecular flexibility index (Phi) is 9.53. The number of rotatable bonds is 11. The molecule has 2 aromatic rings. The van der Waals surface area contributed by atoms with Crippen LogP contribution in [-0.2, 0) is 20.4 Å². The summed E-state index contributed by atoms with van der Waals surface area (Å²) in [5.41, 5.74) is 1.74. The molecule has 0 aliphatic heterocycles. The summed E-state index contributed by atoms with van der Waals surface area (Å²) in [6.07, 6.45) is 17.2. The second-order valence-corrected chi connectivity index (χ2v) is 14.0. The summed E-state index contributed by atoms with van der Waals surface area (Å²) in [6, 6.07) is 12.7. The highest BCUT2D eigenvalue weighted by Gasteiger charge is 2.43. The molecule has 4 fully saturated rings. The largest absolute Gasteiger partial charge is 0.493 e. The Bertz CT molecular complexity index is 1220. The average Bonchev–Trinajstić information content (AvgIpc) is 3.75. The lowest BCUT2D eigenvalue weighted by molar-refractivity contribution is -0.124. The van der Waals surface area contributed by atoms with Gasteiger partial charge in [-0.1, -0.05) is 12.1 Å². The fraction of sp³-hybridized carbons (Fsp3) is 0.632. The summed E-state index contributed by atoms with van der Waals surface area (Å²) in [5, 5.41) is 0. The van der Waals surface area contributed by atoms with Crippen molar-refractivity contribution in [3.8, 4) is 23.0 Å². The smallest absolute Gasteiger partial charge is 0.161 e. The molecule has 6 rings (SSSR count). The molecule has 6 heteroatoms. The minimum atomic E-state index is -0.293. The van der Waals surface area contributed by atoms with Crippen LogP contribution in [0, 0.1) is 0 Å². The lowest BCUT2D eigenvalue weighted by atomic mass is 9.60. The van der Waals surface area contributed by atoms with Gasteiger partial charge in [0.2, 0.25) is 0 Å². The molecule has 4 aliphatic carbocycles. The highest BCUT2D eigenvalue weighted by atomic mass is 16.5. The summed E-state index contributed by atoms with van der Waals surface area (Å²) in [4.78, 5) is 26.3. The van der Waals surface area contributed by atoms with Crippen molar-refractivity contribution in [2.75, 3.05) is 14.2 Å². The van der Waals surface area contributed by atoms with E-state index in [1.807, 2.05) is 12.1 Å². The molecule has 2 atom stereocenters. The maximum atomic E-state index is 13.1. The van der Waals surface area contributed by atoms with Crippen LogP contribution >= 0.6 is 0 Å². The van der Waals surface area contributed by atoms with E-state index in [0.29, 0.717) is 37.2 Å². The van der Waals surface area contributed by atoms with Crippen molar-refractivity contribution in [2.24, 2.45) is 0 Å². The van der Waals surface area contributed by atoms with Gasteiger partial charge >= 0.3 is 0 Å². The van der Waals surface area contributed by atoms with E-state index in [9.17, 15) is 9.59 Å². The van der Waals surface area contributed by atoms with Crippen LogP contribution in [0.5, 0.6) is 23.0 Å². The van der Waals surface area contributed by atoms with Crippen LogP contribution in [0.1, 0.15) is 127 Å². The number of ether oxygens (including phenoxy) is 4. The van der Waals surface area contributed by atoms with E-state index in [1.165, 1.54) is 25.7 Å². The Morgan fingerprint density at radius 3 is 1.36 bits per heavy atom. The highest BCUT2D eigenvalue weighted by Crippen LogP contribution is 2.51. The maximum absolute atomic E-state index is 13.1. The number of carbonyl (C=O) groups excluding carboxylic acids is 2. The van der Waals surface area contributed by atoms with E-state index < -0.39 is 0 Å². The monoisotopic (exact) mass is 602 g/mol. The maximum Gasteiger partial charge on any atom is 0.161 e. The molecule has 2 unspecified atom stereocenters. The van der Waals surface area contributed by atoms with E-state index in [-0.39, 0.29) is 23.0 Å². The first-order valence-electron chi connectivity index (χ1n) is 17.2. The molecule has 6 nitrogen and oxygen atoms in total. The molecule has 0 aromatic heterocycles. The normalized spacial score (nSPS) is 26.6. The molecule has 44 heavy (non-hydrogen) atoms. The van der Waals surface area contributed by atoms with Gasteiger partial charge in [-0.15, -0.1) is 0 Å². The van der Waals surface area contributed by atoms with E-state index in [0.717, 1.165) is 98.3 Å².